The minimum absolute atomic E-state index is 0.0759. The number of rotatable bonds is 10. The van der Waals surface area contributed by atoms with Crippen LogP contribution in [-0.4, -0.2) is 66.8 Å². The summed E-state index contributed by atoms with van der Waals surface area (Å²) in [5.74, 6) is 0. The van der Waals surface area contributed by atoms with E-state index in [2.05, 4.69) is 30.6 Å². The van der Waals surface area contributed by atoms with Crippen LogP contribution in [0.1, 0.15) is 27.2 Å². The summed E-state index contributed by atoms with van der Waals surface area (Å²) in [5.41, 5.74) is 5.73. The van der Waals surface area contributed by atoms with Crippen LogP contribution >= 0.6 is 0 Å². The van der Waals surface area contributed by atoms with E-state index >= 15 is 0 Å². The van der Waals surface area contributed by atoms with E-state index in [0.717, 1.165) is 39.3 Å². The van der Waals surface area contributed by atoms with Crippen molar-refractivity contribution in [2.45, 2.75) is 33.2 Å². The molecule has 0 aromatic carbocycles. The molecule has 0 aliphatic rings. The molecule has 0 amide bonds. The van der Waals surface area contributed by atoms with Crippen LogP contribution in [0.2, 0.25) is 0 Å². The number of likely N-dealkylation sites (N-methyl/N-ethyl adjacent to an activating group) is 1. The van der Waals surface area contributed by atoms with Crippen LogP contribution in [0.5, 0.6) is 0 Å². The van der Waals surface area contributed by atoms with Crippen molar-refractivity contribution in [2.24, 2.45) is 5.73 Å². The van der Waals surface area contributed by atoms with E-state index in [1.165, 1.54) is 6.42 Å². The van der Waals surface area contributed by atoms with Gasteiger partial charge in [-0.05, 0) is 39.1 Å². The zero-order chi connectivity index (χ0) is 12.4. The lowest BCUT2D eigenvalue weighted by molar-refractivity contribution is 0.196. The van der Waals surface area contributed by atoms with Crippen molar-refractivity contribution in [3.8, 4) is 0 Å². The molecule has 98 valence electrons. The largest absolute Gasteiger partial charge is 0.395 e. The van der Waals surface area contributed by atoms with Gasteiger partial charge in [-0.25, -0.2) is 0 Å². The molecular formula is C12H29N3O. The highest BCUT2D eigenvalue weighted by Gasteiger charge is 2.08. The number of hydrogen-bond acceptors (Lipinski definition) is 4. The summed E-state index contributed by atoms with van der Waals surface area (Å²) < 4.78 is 0. The normalized spacial score (nSPS) is 13.7. The molecule has 0 fully saturated rings. The smallest absolute Gasteiger partial charge is 0.0595 e. The molecule has 0 saturated carbocycles. The molecule has 16 heavy (non-hydrogen) atoms. The lowest BCUT2D eigenvalue weighted by atomic mass is 10.2. The summed E-state index contributed by atoms with van der Waals surface area (Å²) in [5, 5.41) is 8.91. The van der Waals surface area contributed by atoms with E-state index in [0.29, 0.717) is 0 Å². The van der Waals surface area contributed by atoms with E-state index in [1.807, 2.05) is 0 Å². The maximum atomic E-state index is 8.91. The highest BCUT2D eigenvalue weighted by atomic mass is 16.3. The fourth-order valence-electron chi connectivity index (χ4n) is 1.83. The summed E-state index contributed by atoms with van der Waals surface area (Å²) in [6.45, 7) is 12.9. The summed E-state index contributed by atoms with van der Waals surface area (Å²) in [6, 6.07) is -0.103. The Hall–Kier alpha value is -0.160. The molecule has 4 heteroatoms. The second kappa shape index (κ2) is 10.0. The standard InChI is InChI=1S/C12H29N3O/c1-4-14(5-2)8-7-9-15(6-3)10-12(13)11-16/h12,16H,4-11,13H2,1-3H3. The molecule has 0 aliphatic heterocycles. The molecule has 0 radical (unpaired) electrons. The average molecular weight is 231 g/mol. The first-order valence-corrected chi connectivity index (χ1v) is 6.48. The van der Waals surface area contributed by atoms with Gasteiger partial charge in [-0.1, -0.05) is 20.8 Å². The van der Waals surface area contributed by atoms with E-state index < -0.39 is 0 Å². The van der Waals surface area contributed by atoms with Crippen LogP contribution in [-0.2, 0) is 0 Å². The Kier molecular flexibility index (Phi) is 9.92. The molecule has 0 spiro atoms. The van der Waals surface area contributed by atoms with Gasteiger partial charge < -0.3 is 20.6 Å². The van der Waals surface area contributed by atoms with Crippen molar-refractivity contribution < 1.29 is 5.11 Å². The van der Waals surface area contributed by atoms with Crippen LogP contribution < -0.4 is 5.73 Å². The monoisotopic (exact) mass is 231 g/mol. The molecular weight excluding hydrogens is 202 g/mol. The third kappa shape index (κ3) is 7.17. The van der Waals surface area contributed by atoms with Crippen molar-refractivity contribution in [2.75, 3.05) is 45.9 Å². The molecule has 0 bridgehead atoms. The third-order valence-electron chi connectivity index (χ3n) is 3.02. The number of aliphatic hydroxyl groups is 1. The second-order valence-corrected chi connectivity index (χ2v) is 4.22. The summed E-state index contributed by atoms with van der Waals surface area (Å²) in [6.07, 6.45) is 1.17. The third-order valence-corrected chi connectivity index (χ3v) is 3.02. The molecule has 1 atom stereocenters. The van der Waals surface area contributed by atoms with Gasteiger partial charge in [0.1, 0.15) is 0 Å². The van der Waals surface area contributed by atoms with Gasteiger partial charge in [-0.2, -0.15) is 0 Å². The Balaban J connectivity index is 3.69. The van der Waals surface area contributed by atoms with Crippen molar-refractivity contribution >= 4 is 0 Å². The van der Waals surface area contributed by atoms with Gasteiger partial charge >= 0.3 is 0 Å². The van der Waals surface area contributed by atoms with Gasteiger partial charge in [0.25, 0.3) is 0 Å². The first kappa shape index (κ1) is 15.8. The van der Waals surface area contributed by atoms with E-state index in [4.69, 9.17) is 10.8 Å². The van der Waals surface area contributed by atoms with Crippen molar-refractivity contribution in [3.63, 3.8) is 0 Å². The van der Waals surface area contributed by atoms with E-state index in [-0.39, 0.29) is 12.6 Å². The Bertz CT molecular complexity index is 151. The highest BCUT2D eigenvalue weighted by molar-refractivity contribution is 4.67. The van der Waals surface area contributed by atoms with Gasteiger partial charge in [-0.15, -0.1) is 0 Å². The van der Waals surface area contributed by atoms with Crippen LogP contribution in [0.3, 0.4) is 0 Å². The minimum Gasteiger partial charge on any atom is -0.395 e. The quantitative estimate of drug-likeness (QED) is 0.570. The minimum atomic E-state index is -0.103. The predicted octanol–water partition coefficient (Wildman–Crippen LogP) is 0.360. The highest BCUT2D eigenvalue weighted by Crippen LogP contribution is 1.96. The Morgan fingerprint density at radius 1 is 1.00 bits per heavy atom. The summed E-state index contributed by atoms with van der Waals surface area (Å²) in [4.78, 5) is 4.74. The molecule has 0 saturated heterocycles. The van der Waals surface area contributed by atoms with Gasteiger partial charge in [-0.3, -0.25) is 0 Å². The fraction of sp³-hybridized carbons (Fsp3) is 1.00. The topological polar surface area (TPSA) is 52.7 Å². The molecule has 0 aromatic rings. The lowest BCUT2D eigenvalue weighted by Crippen LogP contribution is -2.40. The molecule has 0 heterocycles. The fourth-order valence-corrected chi connectivity index (χ4v) is 1.83. The van der Waals surface area contributed by atoms with Gasteiger partial charge in [0, 0.05) is 12.6 Å². The number of aliphatic hydroxyl groups excluding tert-OH is 1. The number of hydrogen-bond donors (Lipinski definition) is 2. The van der Waals surface area contributed by atoms with E-state index in [1.54, 1.807) is 0 Å². The van der Waals surface area contributed by atoms with Crippen LogP contribution in [0.15, 0.2) is 0 Å². The second-order valence-electron chi connectivity index (χ2n) is 4.22. The Morgan fingerprint density at radius 2 is 1.50 bits per heavy atom. The van der Waals surface area contributed by atoms with Gasteiger partial charge in [0.15, 0.2) is 0 Å². The predicted molar refractivity (Wildman–Crippen MR) is 69.6 cm³/mol. The van der Waals surface area contributed by atoms with Crippen LogP contribution in [0.4, 0.5) is 0 Å². The van der Waals surface area contributed by atoms with Crippen molar-refractivity contribution in [1.29, 1.82) is 0 Å². The first-order chi connectivity index (χ1) is 7.67. The lowest BCUT2D eigenvalue weighted by Gasteiger charge is -2.25. The molecule has 0 rings (SSSR count). The summed E-state index contributed by atoms with van der Waals surface area (Å²) >= 11 is 0. The number of nitrogens with zero attached hydrogens (tertiary/aromatic N) is 2. The van der Waals surface area contributed by atoms with Crippen molar-refractivity contribution in [1.82, 2.24) is 9.80 Å². The molecule has 0 aliphatic carbocycles. The Labute approximate surface area is 100 Å². The molecule has 3 N–H and O–H groups in total. The maximum absolute atomic E-state index is 8.91. The Morgan fingerprint density at radius 3 is 1.94 bits per heavy atom. The first-order valence-electron chi connectivity index (χ1n) is 6.48. The zero-order valence-electron chi connectivity index (χ0n) is 11.2. The molecule has 4 nitrogen and oxygen atoms in total. The van der Waals surface area contributed by atoms with Crippen LogP contribution in [0.25, 0.3) is 0 Å². The van der Waals surface area contributed by atoms with E-state index in [9.17, 15) is 0 Å². The molecule has 0 aromatic heterocycles. The van der Waals surface area contributed by atoms with Crippen molar-refractivity contribution in [3.05, 3.63) is 0 Å². The van der Waals surface area contributed by atoms with Gasteiger partial charge in [0.2, 0.25) is 0 Å². The average Bonchev–Trinajstić information content (AvgIpc) is 2.32. The maximum Gasteiger partial charge on any atom is 0.0595 e. The van der Waals surface area contributed by atoms with Gasteiger partial charge in [0.05, 0.1) is 6.61 Å². The molecule has 1 unspecified atom stereocenters. The number of nitrogens with two attached hydrogens (primary N) is 1. The van der Waals surface area contributed by atoms with Crippen LogP contribution in [0, 0.1) is 0 Å². The summed E-state index contributed by atoms with van der Waals surface area (Å²) in [7, 11) is 0. The SMILES string of the molecule is CCN(CC)CCCN(CC)CC(N)CO. The zero-order valence-corrected chi connectivity index (χ0v) is 11.2.